The molecule has 3 aliphatic carbocycles. The number of aliphatic hydroxyl groups excluding tert-OH is 1. The molecule has 0 unspecified atom stereocenters. The Labute approximate surface area is 216 Å². The lowest BCUT2D eigenvalue weighted by Crippen LogP contribution is -2.60. The number of hydrogen-bond donors (Lipinski definition) is 4. The van der Waals surface area contributed by atoms with Gasteiger partial charge in [0.15, 0.2) is 0 Å². The summed E-state index contributed by atoms with van der Waals surface area (Å²) in [4.78, 5) is 24.1. The number of nitrogens with one attached hydrogen (secondary N) is 2. The third kappa shape index (κ3) is 5.16. The first-order valence-corrected chi connectivity index (χ1v) is 15.4. The lowest BCUT2D eigenvalue weighted by Gasteiger charge is -2.62. The fourth-order valence-corrected chi connectivity index (χ4v) is 9.63. The van der Waals surface area contributed by atoms with Crippen LogP contribution in [0, 0.1) is 46.3 Å². The van der Waals surface area contributed by atoms with E-state index < -0.39 is 12.0 Å². The maximum atomic E-state index is 12.6. The molecule has 0 spiro atoms. The number of aliphatic carboxylic acids is 1. The molecule has 0 radical (unpaired) electrons. The Hall–Kier alpha value is -0.790. The van der Waals surface area contributed by atoms with Gasteiger partial charge in [0.05, 0.1) is 6.10 Å². The minimum absolute atomic E-state index is 0.138. The van der Waals surface area contributed by atoms with Crippen LogP contribution in [0.4, 0.5) is 0 Å². The van der Waals surface area contributed by atoms with Gasteiger partial charge in [-0.25, -0.2) is 4.79 Å². The molecule has 200 valence electrons. The van der Waals surface area contributed by atoms with E-state index in [0.29, 0.717) is 53.8 Å². The van der Waals surface area contributed by atoms with E-state index in [1.54, 1.807) is 11.8 Å². The molecule has 7 heteroatoms. The largest absolute Gasteiger partial charge is 0.480 e. The summed E-state index contributed by atoms with van der Waals surface area (Å²) in [6, 6.07) is -0.790. The number of thioether (sulfide) groups is 1. The number of carboxylic acids is 1. The molecule has 1 amide bonds. The van der Waals surface area contributed by atoms with Crippen molar-refractivity contribution in [2.45, 2.75) is 90.7 Å². The average Bonchev–Trinajstić information content (AvgIpc) is 3.17. The second kappa shape index (κ2) is 10.9. The van der Waals surface area contributed by atoms with E-state index in [0.717, 1.165) is 31.7 Å². The molecule has 1 aliphatic heterocycles. The van der Waals surface area contributed by atoms with E-state index in [9.17, 15) is 19.8 Å². The van der Waals surface area contributed by atoms with Gasteiger partial charge in [0.1, 0.15) is 6.04 Å². The van der Waals surface area contributed by atoms with Crippen molar-refractivity contribution in [2.75, 3.05) is 25.1 Å². The first-order valence-electron chi connectivity index (χ1n) is 14.0. The van der Waals surface area contributed by atoms with Gasteiger partial charge in [0.25, 0.3) is 0 Å². The van der Waals surface area contributed by atoms with Gasteiger partial charge in [0, 0.05) is 6.42 Å². The normalized spacial score (nSPS) is 42.3. The molecular weight excluding hydrogens is 460 g/mol. The van der Waals surface area contributed by atoms with Gasteiger partial charge in [-0.05, 0) is 123 Å². The fraction of sp³-hybridized carbons (Fsp3) is 0.929. The number of piperidine rings is 1. The van der Waals surface area contributed by atoms with E-state index in [4.69, 9.17) is 0 Å². The Kier molecular flexibility index (Phi) is 8.49. The van der Waals surface area contributed by atoms with Crippen LogP contribution in [0.15, 0.2) is 0 Å². The maximum absolute atomic E-state index is 12.6. The number of carbonyl (C=O) groups excluding carboxylic acids is 1. The lowest BCUT2D eigenvalue weighted by molar-refractivity contribution is -0.161. The molecule has 4 fully saturated rings. The van der Waals surface area contributed by atoms with Gasteiger partial charge < -0.3 is 20.8 Å². The molecule has 10 atom stereocenters. The predicted octanol–water partition coefficient (Wildman–Crippen LogP) is 4.16. The summed E-state index contributed by atoms with van der Waals surface area (Å²) in [5, 5.41) is 27.1. The number of carbonyl (C=O) groups is 2. The van der Waals surface area contributed by atoms with Crippen molar-refractivity contribution in [3.05, 3.63) is 0 Å². The number of hydrogen-bond acceptors (Lipinski definition) is 5. The van der Waals surface area contributed by atoms with Crippen molar-refractivity contribution >= 4 is 23.6 Å². The van der Waals surface area contributed by atoms with Crippen LogP contribution in [-0.4, -0.2) is 59.3 Å². The standard InChI is InChI=1S/C28H48N2O4S/c1-17(5-8-24(32)30-22(26(33)34)10-14-35-4)19-6-7-20-25-21(9-11-28(19,20)3)27(2)12-13-29-16-18(27)15-23(25)31/h17-23,25,29,31H,5-16H2,1-4H3,(H,30,32)(H,33,34)/t17-,18-,19-,20+,21+,22+,23+,25+,27+,28-/m1/s1. The highest BCUT2D eigenvalue weighted by Gasteiger charge is 2.62. The van der Waals surface area contributed by atoms with Crippen molar-refractivity contribution in [3.8, 4) is 0 Å². The number of carboxylic acid groups (broad SMARTS) is 1. The molecule has 4 rings (SSSR count). The molecule has 1 heterocycles. The van der Waals surface area contributed by atoms with Crippen LogP contribution < -0.4 is 10.6 Å². The number of rotatable bonds is 9. The summed E-state index contributed by atoms with van der Waals surface area (Å²) in [7, 11) is 0. The van der Waals surface area contributed by atoms with E-state index in [1.165, 1.54) is 32.1 Å². The Morgan fingerprint density at radius 3 is 2.57 bits per heavy atom. The van der Waals surface area contributed by atoms with Crippen molar-refractivity contribution < 1.29 is 19.8 Å². The molecule has 1 saturated heterocycles. The predicted molar refractivity (Wildman–Crippen MR) is 141 cm³/mol. The molecule has 0 bridgehead atoms. The summed E-state index contributed by atoms with van der Waals surface area (Å²) in [5.41, 5.74) is 0.589. The highest BCUT2D eigenvalue weighted by molar-refractivity contribution is 7.98. The van der Waals surface area contributed by atoms with Gasteiger partial charge in [-0.15, -0.1) is 0 Å². The minimum atomic E-state index is -0.945. The van der Waals surface area contributed by atoms with Crippen LogP contribution in [0.5, 0.6) is 0 Å². The molecular formula is C28H48N2O4S. The first kappa shape index (κ1) is 27.3. The van der Waals surface area contributed by atoms with E-state index in [1.807, 2.05) is 6.26 Å². The summed E-state index contributed by atoms with van der Waals surface area (Å²) in [5.74, 6) is 2.85. The number of fused-ring (bicyclic) bond motifs is 5. The summed E-state index contributed by atoms with van der Waals surface area (Å²) in [6.45, 7) is 9.45. The second-order valence-corrected chi connectivity index (χ2v) is 13.7. The Morgan fingerprint density at radius 2 is 1.86 bits per heavy atom. The highest BCUT2D eigenvalue weighted by atomic mass is 32.2. The van der Waals surface area contributed by atoms with Crippen molar-refractivity contribution in [1.82, 2.24) is 10.6 Å². The minimum Gasteiger partial charge on any atom is -0.480 e. The molecule has 4 N–H and O–H groups in total. The summed E-state index contributed by atoms with van der Waals surface area (Å²) in [6.07, 6.45) is 10.4. The van der Waals surface area contributed by atoms with E-state index in [-0.39, 0.29) is 17.4 Å². The molecule has 6 nitrogen and oxygen atoms in total. The maximum Gasteiger partial charge on any atom is 0.326 e. The van der Waals surface area contributed by atoms with Crippen molar-refractivity contribution in [1.29, 1.82) is 0 Å². The summed E-state index contributed by atoms with van der Waals surface area (Å²) < 4.78 is 0. The van der Waals surface area contributed by atoms with Gasteiger partial charge >= 0.3 is 5.97 Å². The van der Waals surface area contributed by atoms with Crippen molar-refractivity contribution in [2.24, 2.45) is 46.3 Å². The number of amides is 1. The van der Waals surface area contributed by atoms with Gasteiger partial charge in [-0.1, -0.05) is 20.8 Å². The Morgan fingerprint density at radius 1 is 1.11 bits per heavy atom. The zero-order chi connectivity index (χ0) is 25.4. The SMILES string of the molecule is CSCC[C@H](NC(=O)CC[C@@H](C)[C@H]1CC[C@H]2[C@@H]3[C@@H](O)C[C@@H]4CNCC[C@]4(C)[C@H]3CC[C@]12C)C(=O)O. The van der Waals surface area contributed by atoms with Gasteiger partial charge in [-0.2, -0.15) is 11.8 Å². The second-order valence-electron chi connectivity index (χ2n) is 12.7. The van der Waals surface area contributed by atoms with Crippen LogP contribution in [0.25, 0.3) is 0 Å². The summed E-state index contributed by atoms with van der Waals surface area (Å²) >= 11 is 1.60. The molecule has 4 aliphatic rings. The Balaban J connectivity index is 1.38. The topological polar surface area (TPSA) is 98.7 Å². The zero-order valence-electron chi connectivity index (χ0n) is 22.2. The van der Waals surface area contributed by atoms with E-state index >= 15 is 0 Å². The molecule has 0 aromatic carbocycles. The highest BCUT2D eigenvalue weighted by Crippen LogP contribution is 2.67. The third-order valence-electron chi connectivity index (χ3n) is 11.1. The Bertz CT molecular complexity index is 780. The first-order chi connectivity index (χ1) is 16.6. The smallest absolute Gasteiger partial charge is 0.326 e. The molecule has 35 heavy (non-hydrogen) atoms. The van der Waals surface area contributed by atoms with Gasteiger partial charge in [-0.3, -0.25) is 4.79 Å². The van der Waals surface area contributed by atoms with Crippen LogP contribution in [0.3, 0.4) is 0 Å². The van der Waals surface area contributed by atoms with Crippen LogP contribution >= 0.6 is 11.8 Å². The third-order valence-corrected chi connectivity index (χ3v) is 11.8. The van der Waals surface area contributed by atoms with E-state index in [2.05, 4.69) is 31.4 Å². The van der Waals surface area contributed by atoms with Crippen LogP contribution in [0.2, 0.25) is 0 Å². The zero-order valence-corrected chi connectivity index (χ0v) is 23.0. The van der Waals surface area contributed by atoms with Gasteiger partial charge in [0.2, 0.25) is 5.91 Å². The lowest BCUT2D eigenvalue weighted by atomic mass is 9.45. The average molecular weight is 509 g/mol. The quantitative estimate of drug-likeness (QED) is 0.373. The number of aliphatic hydroxyl groups is 1. The molecule has 3 saturated carbocycles. The molecule has 0 aromatic heterocycles. The van der Waals surface area contributed by atoms with Crippen molar-refractivity contribution in [3.63, 3.8) is 0 Å². The fourth-order valence-electron chi connectivity index (χ4n) is 9.16. The molecule has 0 aromatic rings. The van der Waals surface area contributed by atoms with Crippen LogP contribution in [0.1, 0.15) is 78.6 Å². The van der Waals surface area contributed by atoms with Crippen LogP contribution in [-0.2, 0) is 9.59 Å². The monoisotopic (exact) mass is 508 g/mol.